The molecule has 2 aliphatic heterocycles. The van der Waals surface area contributed by atoms with Crippen LogP contribution in [0.5, 0.6) is 0 Å². The van der Waals surface area contributed by atoms with Gasteiger partial charge in [0.1, 0.15) is 0 Å². The lowest BCUT2D eigenvalue weighted by Gasteiger charge is -2.28. The second kappa shape index (κ2) is 7.93. The van der Waals surface area contributed by atoms with Crippen molar-refractivity contribution in [2.45, 2.75) is 31.7 Å². The zero-order chi connectivity index (χ0) is 16.1. The van der Waals surface area contributed by atoms with Crippen LogP contribution in [0.2, 0.25) is 0 Å². The molecule has 6 heteroatoms. The summed E-state index contributed by atoms with van der Waals surface area (Å²) in [6.07, 6.45) is 7.42. The Hall–Kier alpha value is -1.40. The molecule has 0 bridgehead atoms. The lowest BCUT2D eigenvalue weighted by molar-refractivity contribution is -0.128. The molecule has 128 valence electrons. The van der Waals surface area contributed by atoms with Crippen LogP contribution in [0, 0.1) is 5.92 Å². The second-order valence-electron chi connectivity index (χ2n) is 6.73. The minimum Gasteiger partial charge on any atom is -0.379 e. The van der Waals surface area contributed by atoms with E-state index >= 15 is 0 Å². The van der Waals surface area contributed by atoms with Crippen LogP contribution < -0.4 is 5.32 Å². The second-order valence-corrected chi connectivity index (χ2v) is 6.73. The maximum Gasteiger partial charge on any atom is 0.224 e. The number of amides is 2. The molecule has 2 amide bonds. The van der Waals surface area contributed by atoms with Gasteiger partial charge in [0.05, 0.1) is 19.3 Å². The van der Waals surface area contributed by atoms with Crippen molar-refractivity contribution < 1.29 is 14.3 Å². The molecule has 6 nitrogen and oxygen atoms in total. The van der Waals surface area contributed by atoms with Crippen LogP contribution in [0.4, 0.5) is 0 Å². The van der Waals surface area contributed by atoms with Gasteiger partial charge in [-0.2, -0.15) is 0 Å². The molecule has 0 spiro atoms. The van der Waals surface area contributed by atoms with Crippen LogP contribution in [-0.2, 0) is 14.3 Å². The number of allylic oxidation sites excluding steroid dienone is 2. The molecule has 2 saturated heterocycles. The number of ether oxygens (including phenoxy) is 1. The molecule has 1 N–H and O–H groups in total. The predicted molar refractivity (Wildman–Crippen MR) is 86.9 cm³/mol. The molecule has 0 saturated carbocycles. The van der Waals surface area contributed by atoms with E-state index in [1.54, 1.807) is 0 Å². The first-order valence-corrected chi connectivity index (χ1v) is 8.74. The summed E-state index contributed by atoms with van der Waals surface area (Å²) in [4.78, 5) is 28.4. The average Bonchev–Trinajstić information content (AvgIpc) is 3.16. The van der Waals surface area contributed by atoms with E-state index in [0.717, 1.165) is 52.2 Å². The minimum absolute atomic E-state index is 0.0231. The topological polar surface area (TPSA) is 61.9 Å². The third-order valence-electron chi connectivity index (χ3n) is 4.93. The van der Waals surface area contributed by atoms with Crippen molar-refractivity contribution in [1.29, 1.82) is 0 Å². The summed E-state index contributed by atoms with van der Waals surface area (Å²) in [5.74, 6) is 0.614. The van der Waals surface area contributed by atoms with Crippen molar-refractivity contribution in [3.8, 4) is 0 Å². The van der Waals surface area contributed by atoms with Crippen molar-refractivity contribution >= 4 is 11.8 Å². The van der Waals surface area contributed by atoms with E-state index in [9.17, 15) is 9.59 Å². The van der Waals surface area contributed by atoms with E-state index in [1.807, 2.05) is 4.90 Å². The number of hydrogen-bond donors (Lipinski definition) is 1. The van der Waals surface area contributed by atoms with Crippen LogP contribution >= 0.6 is 0 Å². The first kappa shape index (κ1) is 16.5. The third kappa shape index (κ3) is 4.78. The number of rotatable bonds is 6. The summed E-state index contributed by atoms with van der Waals surface area (Å²) in [5.41, 5.74) is 0. The molecule has 2 atom stereocenters. The maximum atomic E-state index is 12.1. The molecule has 0 unspecified atom stereocenters. The van der Waals surface area contributed by atoms with Crippen LogP contribution in [-0.4, -0.2) is 73.6 Å². The number of nitrogens with zero attached hydrogens (tertiary/aromatic N) is 2. The molecule has 23 heavy (non-hydrogen) atoms. The van der Waals surface area contributed by atoms with Crippen molar-refractivity contribution in [1.82, 2.24) is 15.1 Å². The molecule has 2 fully saturated rings. The molecule has 2 heterocycles. The zero-order valence-corrected chi connectivity index (χ0v) is 13.7. The standard InChI is InChI=1S/C17H27N3O3/c21-16(11-14-3-1-2-4-14)18-15-12-17(22)20(13-15)6-5-19-7-9-23-10-8-19/h1,3,14-15H,2,4-13H2,(H,18,21)/t14-,15-/m0/s1. The SMILES string of the molecule is O=C(C[C@H]1C=CCC1)N[C@H]1CC(=O)N(CCN2CCOCC2)C1. The van der Waals surface area contributed by atoms with Crippen molar-refractivity contribution in [3.63, 3.8) is 0 Å². The quantitative estimate of drug-likeness (QED) is 0.719. The summed E-state index contributed by atoms with van der Waals surface area (Å²) in [6, 6.07) is -0.0231. The van der Waals surface area contributed by atoms with Crippen LogP contribution in [0.25, 0.3) is 0 Å². The van der Waals surface area contributed by atoms with E-state index in [4.69, 9.17) is 4.74 Å². The largest absolute Gasteiger partial charge is 0.379 e. The highest BCUT2D eigenvalue weighted by molar-refractivity contribution is 5.82. The van der Waals surface area contributed by atoms with Crippen molar-refractivity contribution in [2.75, 3.05) is 45.9 Å². The molecule has 0 aromatic rings. The Morgan fingerprint density at radius 1 is 1.30 bits per heavy atom. The Labute approximate surface area is 137 Å². The predicted octanol–water partition coefficient (Wildman–Crippen LogP) is 0.392. The van der Waals surface area contributed by atoms with Crippen molar-refractivity contribution in [2.24, 2.45) is 5.92 Å². The first-order chi connectivity index (χ1) is 11.2. The van der Waals surface area contributed by atoms with Gasteiger partial charge < -0.3 is 15.0 Å². The molecular weight excluding hydrogens is 294 g/mol. The fourth-order valence-electron chi connectivity index (χ4n) is 3.56. The summed E-state index contributed by atoms with van der Waals surface area (Å²) in [7, 11) is 0. The Morgan fingerprint density at radius 3 is 2.87 bits per heavy atom. The molecule has 1 aliphatic carbocycles. The van der Waals surface area contributed by atoms with E-state index in [0.29, 0.717) is 25.3 Å². The highest BCUT2D eigenvalue weighted by Gasteiger charge is 2.31. The zero-order valence-electron chi connectivity index (χ0n) is 13.7. The molecular formula is C17H27N3O3. The molecule has 0 aromatic carbocycles. The van der Waals surface area contributed by atoms with Gasteiger partial charge >= 0.3 is 0 Å². The monoisotopic (exact) mass is 321 g/mol. The van der Waals surface area contributed by atoms with Gasteiger partial charge in [-0.3, -0.25) is 14.5 Å². The fourth-order valence-corrected chi connectivity index (χ4v) is 3.56. The highest BCUT2D eigenvalue weighted by atomic mass is 16.5. The summed E-state index contributed by atoms with van der Waals surface area (Å²) in [5, 5.41) is 3.04. The minimum atomic E-state index is -0.0231. The summed E-state index contributed by atoms with van der Waals surface area (Å²) < 4.78 is 5.33. The number of carbonyl (C=O) groups excluding carboxylic acids is 2. The molecule has 0 radical (unpaired) electrons. The van der Waals surface area contributed by atoms with Crippen LogP contribution in [0.15, 0.2) is 12.2 Å². The average molecular weight is 321 g/mol. The van der Waals surface area contributed by atoms with Gasteiger partial charge in [0, 0.05) is 45.6 Å². The lowest BCUT2D eigenvalue weighted by atomic mass is 10.0. The van der Waals surface area contributed by atoms with Gasteiger partial charge in [-0.15, -0.1) is 0 Å². The van der Waals surface area contributed by atoms with Gasteiger partial charge in [-0.1, -0.05) is 12.2 Å². The van der Waals surface area contributed by atoms with Gasteiger partial charge in [0.15, 0.2) is 0 Å². The Kier molecular flexibility index (Phi) is 5.67. The molecule has 3 rings (SSSR count). The van der Waals surface area contributed by atoms with E-state index < -0.39 is 0 Å². The molecule has 3 aliphatic rings. The Bertz CT molecular complexity index is 460. The van der Waals surface area contributed by atoms with Gasteiger partial charge in [0.25, 0.3) is 0 Å². The Balaban J connectivity index is 1.38. The molecule has 0 aromatic heterocycles. The first-order valence-electron chi connectivity index (χ1n) is 8.74. The lowest BCUT2D eigenvalue weighted by Crippen LogP contribution is -2.43. The third-order valence-corrected chi connectivity index (χ3v) is 4.93. The fraction of sp³-hybridized carbons (Fsp3) is 0.765. The highest BCUT2D eigenvalue weighted by Crippen LogP contribution is 2.20. The summed E-state index contributed by atoms with van der Waals surface area (Å²) in [6.45, 7) is 5.73. The van der Waals surface area contributed by atoms with Gasteiger partial charge in [0.2, 0.25) is 11.8 Å². The van der Waals surface area contributed by atoms with Gasteiger partial charge in [-0.25, -0.2) is 0 Å². The van der Waals surface area contributed by atoms with Crippen molar-refractivity contribution in [3.05, 3.63) is 12.2 Å². The number of hydrogen-bond acceptors (Lipinski definition) is 4. The van der Waals surface area contributed by atoms with Crippen LogP contribution in [0.3, 0.4) is 0 Å². The number of likely N-dealkylation sites (tertiary alicyclic amines) is 1. The van der Waals surface area contributed by atoms with E-state index in [-0.39, 0.29) is 17.9 Å². The smallest absolute Gasteiger partial charge is 0.224 e. The van der Waals surface area contributed by atoms with E-state index in [2.05, 4.69) is 22.4 Å². The van der Waals surface area contributed by atoms with Gasteiger partial charge in [-0.05, 0) is 18.8 Å². The normalized spacial score (nSPS) is 28.5. The summed E-state index contributed by atoms with van der Waals surface area (Å²) >= 11 is 0. The van der Waals surface area contributed by atoms with Crippen LogP contribution in [0.1, 0.15) is 25.7 Å². The Morgan fingerprint density at radius 2 is 2.13 bits per heavy atom. The maximum absolute atomic E-state index is 12.1. The number of carbonyl (C=O) groups is 2. The number of nitrogens with one attached hydrogen (secondary N) is 1. The number of morpholine rings is 1. The van der Waals surface area contributed by atoms with E-state index in [1.165, 1.54) is 0 Å².